The summed E-state index contributed by atoms with van der Waals surface area (Å²) < 4.78 is 7.03. The molecule has 2 aromatic rings. The van der Waals surface area contributed by atoms with Crippen LogP contribution in [0.2, 0.25) is 0 Å². The highest BCUT2D eigenvalue weighted by molar-refractivity contribution is 9.10. The van der Waals surface area contributed by atoms with Crippen molar-refractivity contribution in [3.63, 3.8) is 0 Å². The Morgan fingerprint density at radius 2 is 1.90 bits per heavy atom. The fraction of sp³-hybridized carbons (Fsp3) is 0.333. The largest absolute Gasteiger partial charge is 0.493 e. The molecule has 2 aromatic carbocycles. The third kappa shape index (κ3) is 2.60. The van der Waals surface area contributed by atoms with Gasteiger partial charge in [-0.3, -0.25) is 0 Å². The van der Waals surface area contributed by atoms with Crippen LogP contribution < -0.4 is 10.1 Å². The van der Waals surface area contributed by atoms with Crippen molar-refractivity contribution < 1.29 is 4.74 Å². The topological polar surface area (TPSA) is 21.3 Å². The summed E-state index contributed by atoms with van der Waals surface area (Å²) in [6, 6.07) is 11.0. The van der Waals surface area contributed by atoms with Gasteiger partial charge in [-0.2, -0.15) is 0 Å². The third-order valence-electron chi connectivity index (χ3n) is 4.21. The predicted octanol–water partition coefficient (Wildman–Crippen LogP) is 4.31. The van der Waals surface area contributed by atoms with Gasteiger partial charge in [-0.15, -0.1) is 0 Å². The molecule has 3 rings (SSSR count). The molecular formula is C18H20BrNO. The highest BCUT2D eigenvalue weighted by Crippen LogP contribution is 2.39. The van der Waals surface area contributed by atoms with Crippen LogP contribution in [0.4, 0.5) is 0 Å². The highest BCUT2D eigenvalue weighted by Gasteiger charge is 2.25. The quantitative estimate of drug-likeness (QED) is 0.894. The number of nitrogens with one attached hydrogen (secondary N) is 1. The van der Waals surface area contributed by atoms with E-state index in [0.717, 1.165) is 23.2 Å². The molecule has 1 N–H and O–H groups in total. The molecule has 0 aliphatic carbocycles. The van der Waals surface area contributed by atoms with Crippen LogP contribution >= 0.6 is 15.9 Å². The van der Waals surface area contributed by atoms with Crippen molar-refractivity contribution in [1.29, 1.82) is 0 Å². The van der Waals surface area contributed by atoms with Crippen molar-refractivity contribution in [3.8, 4) is 5.75 Å². The molecule has 0 fully saturated rings. The van der Waals surface area contributed by atoms with E-state index in [1.165, 1.54) is 27.8 Å². The number of benzene rings is 2. The van der Waals surface area contributed by atoms with Crippen LogP contribution in [0.5, 0.6) is 5.75 Å². The minimum Gasteiger partial charge on any atom is -0.493 e. The summed E-state index contributed by atoms with van der Waals surface area (Å²) in [5, 5.41) is 3.47. The second-order valence-electron chi connectivity index (χ2n) is 5.61. The lowest BCUT2D eigenvalue weighted by atomic mass is 9.90. The van der Waals surface area contributed by atoms with Gasteiger partial charge in [-0.05, 0) is 55.3 Å². The molecule has 0 aromatic heterocycles. The Morgan fingerprint density at radius 3 is 2.57 bits per heavy atom. The first kappa shape index (κ1) is 14.6. The Bertz CT molecular complexity index is 661. The van der Waals surface area contributed by atoms with Crippen LogP contribution in [0.25, 0.3) is 0 Å². The second-order valence-corrected chi connectivity index (χ2v) is 6.52. The Morgan fingerprint density at radius 1 is 1.19 bits per heavy atom. The summed E-state index contributed by atoms with van der Waals surface area (Å²) in [4.78, 5) is 0. The molecule has 1 aliphatic heterocycles. The summed E-state index contributed by atoms with van der Waals surface area (Å²) in [5.74, 6) is 1.06. The molecule has 3 heteroatoms. The van der Waals surface area contributed by atoms with E-state index >= 15 is 0 Å². The van der Waals surface area contributed by atoms with Gasteiger partial charge in [0.15, 0.2) is 0 Å². The first-order chi connectivity index (χ1) is 10.1. The summed E-state index contributed by atoms with van der Waals surface area (Å²) in [6.07, 6.45) is 0.991. The van der Waals surface area contributed by atoms with Crippen molar-refractivity contribution in [3.05, 3.63) is 62.6 Å². The SMILES string of the molecule is CNC(c1cc(Br)cc2c1OCC2)c1c(C)cccc1C. The van der Waals surface area contributed by atoms with Crippen LogP contribution in [0, 0.1) is 13.8 Å². The van der Waals surface area contributed by atoms with Gasteiger partial charge in [0, 0.05) is 16.5 Å². The standard InChI is InChI=1S/C18H20BrNO/c1-11-5-4-6-12(2)16(11)17(20-3)15-10-14(19)9-13-7-8-21-18(13)15/h4-6,9-10,17,20H,7-8H2,1-3H3. The van der Waals surface area contributed by atoms with Gasteiger partial charge in [0.05, 0.1) is 12.6 Å². The number of hydrogen-bond acceptors (Lipinski definition) is 2. The molecule has 0 bridgehead atoms. The molecule has 21 heavy (non-hydrogen) atoms. The maximum Gasteiger partial charge on any atom is 0.127 e. The minimum atomic E-state index is 0.149. The summed E-state index contributed by atoms with van der Waals surface area (Å²) >= 11 is 3.64. The van der Waals surface area contributed by atoms with E-state index in [1.54, 1.807) is 0 Å². The smallest absolute Gasteiger partial charge is 0.127 e. The fourth-order valence-electron chi connectivity index (χ4n) is 3.25. The lowest BCUT2D eigenvalue weighted by Crippen LogP contribution is -2.20. The van der Waals surface area contributed by atoms with Crippen LogP contribution in [0.3, 0.4) is 0 Å². The van der Waals surface area contributed by atoms with Crippen molar-refractivity contribution in [2.24, 2.45) is 0 Å². The summed E-state index contributed by atoms with van der Waals surface area (Å²) in [7, 11) is 2.01. The summed E-state index contributed by atoms with van der Waals surface area (Å²) in [5.41, 5.74) is 6.47. The minimum absolute atomic E-state index is 0.149. The van der Waals surface area contributed by atoms with Crippen molar-refractivity contribution in [1.82, 2.24) is 5.32 Å². The number of halogens is 1. The van der Waals surface area contributed by atoms with Crippen LogP contribution in [-0.2, 0) is 6.42 Å². The monoisotopic (exact) mass is 345 g/mol. The maximum atomic E-state index is 5.91. The molecule has 110 valence electrons. The Labute approximate surface area is 134 Å². The number of rotatable bonds is 3. The van der Waals surface area contributed by atoms with Crippen molar-refractivity contribution in [2.75, 3.05) is 13.7 Å². The van der Waals surface area contributed by atoms with E-state index in [1.807, 2.05) is 7.05 Å². The first-order valence-corrected chi connectivity index (χ1v) is 8.09. The molecule has 1 unspecified atom stereocenters. The van der Waals surface area contributed by atoms with Gasteiger partial charge < -0.3 is 10.1 Å². The molecule has 0 saturated carbocycles. The molecule has 0 spiro atoms. The predicted molar refractivity (Wildman–Crippen MR) is 90.2 cm³/mol. The average molecular weight is 346 g/mol. The number of aryl methyl sites for hydroxylation is 2. The highest BCUT2D eigenvalue weighted by atomic mass is 79.9. The Hall–Kier alpha value is -1.32. The number of ether oxygens (including phenoxy) is 1. The lowest BCUT2D eigenvalue weighted by Gasteiger charge is -2.23. The van der Waals surface area contributed by atoms with Crippen LogP contribution in [-0.4, -0.2) is 13.7 Å². The van der Waals surface area contributed by atoms with Gasteiger partial charge in [0.1, 0.15) is 5.75 Å². The average Bonchev–Trinajstić information content (AvgIpc) is 2.90. The molecule has 0 radical (unpaired) electrons. The van der Waals surface area contributed by atoms with Gasteiger partial charge in [-0.1, -0.05) is 34.1 Å². The zero-order chi connectivity index (χ0) is 15.0. The zero-order valence-electron chi connectivity index (χ0n) is 12.7. The zero-order valence-corrected chi connectivity index (χ0v) is 14.3. The van der Waals surface area contributed by atoms with Gasteiger partial charge >= 0.3 is 0 Å². The molecule has 1 atom stereocenters. The van der Waals surface area contributed by atoms with E-state index in [-0.39, 0.29) is 6.04 Å². The fourth-order valence-corrected chi connectivity index (χ4v) is 3.77. The van der Waals surface area contributed by atoms with E-state index < -0.39 is 0 Å². The Balaban J connectivity index is 2.18. The molecule has 2 nitrogen and oxygen atoms in total. The first-order valence-electron chi connectivity index (χ1n) is 7.30. The molecule has 0 amide bonds. The van der Waals surface area contributed by atoms with Crippen LogP contribution in [0.15, 0.2) is 34.8 Å². The van der Waals surface area contributed by atoms with E-state index in [4.69, 9.17) is 4.74 Å². The van der Waals surface area contributed by atoms with E-state index in [2.05, 4.69) is 65.4 Å². The molecular weight excluding hydrogens is 326 g/mol. The van der Waals surface area contributed by atoms with Gasteiger partial charge in [-0.25, -0.2) is 0 Å². The molecule has 0 saturated heterocycles. The second kappa shape index (κ2) is 5.82. The normalized spacial score (nSPS) is 14.7. The maximum absolute atomic E-state index is 5.91. The summed E-state index contributed by atoms with van der Waals surface area (Å²) in [6.45, 7) is 5.12. The van der Waals surface area contributed by atoms with Gasteiger partial charge in [0.2, 0.25) is 0 Å². The van der Waals surface area contributed by atoms with Crippen LogP contribution in [0.1, 0.15) is 33.9 Å². The van der Waals surface area contributed by atoms with E-state index in [0.29, 0.717) is 0 Å². The van der Waals surface area contributed by atoms with Crippen molar-refractivity contribution in [2.45, 2.75) is 26.3 Å². The van der Waals surface area contributed by atoms with Crippen molar-refractivity contribution >= 4 is 15.9 Å². The van der Waals surface area contributed by atoms with E-state index in [9.17, 15) is 0 Å². The van der Waals surface area contributed by atoms with Gasteiger partial charge in [0.25, 0.3) is 0 Å². The number of fused-ring (bicyclic) bond motifs is 1. The lowest BCUT2D eigenvalue weighted by molar-refractivity contribution is 0.351. The third-order valence-corrected chi connectivity index (χ3v) is 4.67. The Kier molecular flexibility index (Phi) is 4.05. The number of hydrogen-bond donors (Lipinski definition) is 1. The molecule has 1 aliphatic rings. The molecule has 1 heterocycles.